The fourth-order valence-electron chi connectivity index (χ4n) is 2.66. The minimum absolute atomic E-state index is 0.00685. The van der Waals surface area contributed by atoms with Gasteiger partial charge in [-0.15, -0.1) is 0 Å². The molecule has 0 fully saturated rings. The second kappa shape index (κ2) is 7.96. The molecule has 0 unspecified atom stereocenters. The molecule has 0 atom stereocenters. The molecule has 0 aliphatic heterocycles. The Morgan fingerprint density at radius 3 is 2.52 bits per heavy atom. The first-order valence-electron chi connectivity index (χ1n) is 8.16. The molecule has 0 amide bonds. The lowest BCUT2D eigenvalue weighted by Crippen LogP contribution is -2.12. The van der Waals surface area contributed by atoms with E-state index in [4.69, 9.17) is 26.8 Å². The van der Waals surface area contributed by atoms with E-state index in [1.165, 1.54) is 18.3 Å². The van der Waals surface area contributed by atoms with E-state index in [1.807, 2.05) is 6.07 Å². The van der Waals surface area contributed by atoms with Crippen LogP contribution in [0.15, 0.2) is 48.7 Å². The number of benzene rings is 2. The van der Waals surface area contributed by atoms with Gasteiger partial charge in [-0.3, -0.25) is 0 Å². The van der Waals surface area contributed by atoms with E-state index in [-0.39, 0.29) is 39.0 Å². The van der Waals surface area contributed by atoms with Crippen molar-refractivity contribution in [2.45, 2.75) is 0 Å². The number of phenols is 1. The van der Waals surface area contributed by atoms with Crippen molar-refractivity contribution in [2.24, 2.45) is 0 Å². The molecule has 0 aliphatic carbocycles. The molecule has 0 saturated heterocycles. The van der Waals surface area contributed by atoms with Gasteiger partial charge >= 0.3 is 11.9 Å². The fourth-order valence-corrected chi connectivity index (χ4v) is 2.86. The summed E-state index contributed by atoms with van der Waals surface area (Å²) in [5.74, 6) is -2.26. The van der Waals surface area contributed by atoms with Crippen molar-refractivity contribution in [3.63, 3.8) is 0 Å². The van der Waals surface area contributed by atoms with Crippen molar-refractivity contribution < 1.29 is 24.2 Å². The van der Waals surface area contributed by atoms with E-state index in [9.17, 15) is 20.0 Å². The summed E-state index contributed by atoms with van der Waals surface area (Å²) in [7, 11) is 1.15. The Kier molecular flexibility index (Phi) is 5.43. The van der Waals surface area contributed by atoms with Gasteiger partial charge in [-0.05, 0) is 18.2 Å². The third-order valence-corrected chi connectivity index (χ3v) is 4.25. The van der Waals surface area contributed by atoms with Gasteiger partial charge < -0.3 is 24.9 Å². The molecule has 1 aromatic heterocycles. The predicted molar refractivity (Wildman–Crippen MR) is 104 cm³/mol. The van der Waals surface area contributed by atoms with E-state index in [1.54, 1.807) is 30.3 Å². The van der Waals surface area contributed by atoms with Crippen LogP contribution in [0.2, 0.25) is 5.02 Å². The number of anilines is 1. The Morgan fingerprint density at radius 1 is 1.21 bits per heavy atom. The Labute approximate surface area is 170 Å². The highest BCUT2D eigenvalue weighted by atomic mass is 35.5. The maximum atomic E-state index is 12.3. The van der Waals surface area contributed by atoms with Crippen LogP contribution in [0.1, 0.15) is 26.4 Å². The third-order valence-electron chi connectivity index (χ3n) is 4.03. The van der Waals surface area contributed by atoms with Crippen LogP contribution < -0.4 is 10.5 Å². The molecule has 0 saturated carbocycles. The molecule has 146 valence electrons. The van der Waals surface area contributed by atoms with Gasteiger partial charge in [0.1, 0.15) is 6.07 Å². The van der Waals surface area contributed by atoms with Crippen molar-refractivity contribution >= 4 is 29.2 Å². The molecule has 29 heavy (non-hydrogen) atoms. The monoisotopic (exact) mass is 411 g/mol. The van der Waals surface area contributed by atoms with E-state index in [0.717, 1.165) is 11.7 Å². The third kappa shape index (κ3) is 3.72. The topological polar surface area (TPSA) is 128 Å². The van der Waals surface area contributed by atoms with E-state index < -0.39 is 17.7 Å². The molecule has 0 spiro atoms. The molecule has 3 aromatic rings. The second-order valence-corrected chi connectivity index (χ2v) is 6.24. The molecule has 2 aromatic carbocycles. The van der Waals surface area contributed by atoms with Crippen LogP contribution >= 0.6 is 11.6 Å². The number of hydrogen-bond acceptors (Lipinski definition) is 7. The lowest BCUT2D eigenvalue weighted by Gasteiger charge is -2.14. The van der Waals surface area contributed by atoms with Gasteiger partial charge in [0.05, 0.1) is 29.6 Å². The quantitative estimate of drug-likeness (QED) is 0.498. The van der Waals surface area contributed by atoms with Gasteiger partial charge in [0, 0.05) is 17.3 Å². The van der Waals surface area contributed by atoms with Crippen LogP contribution in [0.25, 0.3) is 5.69 Å². The van der Waals surface area contributed by atoms with Crippen LogP contribution in [0.3, 0.4) is 0 Å². The number of phenolic OH excluding ortho intramolecular Hbond substituents is 1. The number of methoxy groups -OCH3 is 1. The van der Waals surface area contributed by atoms with Crippen molar-refractivity contribution in [1.82, 2.24) is 4.57 Å². The maximum Gasteiger partial charge on any atom is 0.357 e. The highest BCUT2D eigenvalue weighted by Crippen LogP contribution is 2.38. The standard InChI is InChI=1S/C20H14ClN3O5/c1-28-20(27)17-16(23)12(9-22)10-24(17)14-7-13(21)8-15(18(14)25)29-19(26)11-5-3-2-4-6-11/h2-8,10,25H,23H2,1H3. The lowest BCUT2D eigenvalue weighted by molar-refractivity contribution is 0.0592. The summed E-state index contributed by atoms with van der Waals surface area (Å²) in [6.45, 7) is 0. The highest BCUT2D eigenvalue weighted by Gasteiger charge is 2.25. The fraction of sp³-hybridized carbons (Fsp3) is 0.0500. The summed E-state index contributed by atoms with van der Waals surface area (Å²) in [6, 6.07) is 12.6. The zero-order valence-electron chi connectivity index (χ0n) is 15.0. The molecule has 1 heterocycles. The Morgan fingerprint density at radius 2 is 1.90 bits per heavy atom. The number of ether oxygens (including phenoxy) is 2. The minimum atomic E-state index is -0.828. The number of rotatable bonds is 4. The number of nitrogens with two attached hydrogens (primary N) is 1. The summed E-state index contributed by atoms with van der Waals surface area (Å²) >= 11 is 6.12. The molecule has 0 radical (unpaired) electrons. The molecule has 3 rings (SSSR count). The van der Waals surface area contributed by atoms with Crippen molar-refractivity contribution in [3.05, 3.63) is 70.5 Å². The number of halogens is 1. The maximum absolute atomic E-state index is 12.3. The van der Waals surface area contributed by atoms with Gasteiger partial charge in [-0.1, -0.05) is 29.8 Å². The van der Waals surface area contributed by atoms with E-state index >= 15 is 0 Å². The van der Waals surface area contributed by atoms with Gasteiger partial charge in [-0.25, -0.2) is 9.59 Å². The molecule has 0 aliphatic rings. The van der Waals surface area contributed by atoms with Gasteiger partial charge in [-0.2, -0.15) is 5.26 Å². The second-order valence-electron chi connectivity index (χ2n) is 5.81. The largest absolute Gasteiger partial charge is 0.503 e. The number of nitriles is 1. The summed E-state index contributed by atoms with van der Waals surface area (Å²) in [6.07, 6.45) is 1.25. The molecule has 3 N–H and O–H groups in total. The smallest absolute Gasteiger partial charge is 0.357 e. The van der Waals surface area contributed by atoms with Crippen molar-refractivity contribution in [3.8, 4) is 23.3 Å². The van der Waals surface area contributed by atoms with Crippen molar-refractivity contribution in [2.75, 3.05) is 12.8 Å². The van der Waals surface area contributed by atoms with E-state index in [0.29, 0.717) is 0 Å². The summed E-state index contributed by atoms with van der Waals surface area (Å²) in [4.78, 5) is 24.5. The summed E-state index contributed by atoms with van der Waals surface area (Å²) in [5, 5.41) is 20.0. The number of esters is 2. The first-order valence-corrected chi connectivity index (χ1v) is 8.54. The summed E-state index contributed by atoms with van der Waals surface area (Å²) in [5.41, 5.74) is 5.80. The first-order chi connectivity index (χ1) is 13.9. The van der Waals surface area contributed by atoms with Crippen LogP contribution in [0, 0.1) is 11.3 Å². The van der Waals surface area contributed by atoms with Crippen LogP contribution in [-0.4, -0.2) is 28.7 Å². The van der Waals surface area contributed by atoms with Gasteiger partial charge in [0.2, 0.25) is 0 Å². The number of carbonyl (C=O) groups excluding carboxylic acids is 2. The number of hydrogen-bond donors (Lipinski definition) is 2. The molecular weight excluding hydrogens is 398 g/mol. The molecule has 8 nitrogen and oxygen atoms in total. The van der Waals surface area contributed by atoms with Crippen LogP contribution in [-0.2, 0) is 4.74 Å². The number of aromatic nitrogens is 1. The zero-order valence-corrected chi connectivity index (χ0v) is 15.8. The Bertz CT molecular complexity index is 1150. The number of nitrogen functional groups attached to an aromatic ring is 1. The molecule has 0 bridgehead atoms. The van der Waals surface area contributed by atoms with Crippen LogP contribution in [0.4, 0.5) is 5.69 Å². The summed E-state index contributed by atoms with van der Waals surface area (Å²) < 4.78 is 11.1. The molecular formula is C20H14ClN3O5. The number of nitrogens with zero attached hydrogens (tertiary/aromatic N) is 2. The minimum Gasteiger partial charge on any atom is -0.503 e. The lowest BCUT2D eigenvalue weighted by atomic mass is 10.2. The normalized spacial score (nSPS) is 10.2. The Balaban J connectivity index is 2.12. The van der Waals surface area contributed by atoms with E-state index in [2.05, 4.69) is 0 Å². The average molecular weight is 412 g/mol. The zero-order chi connectivity index (χ0) is 21.1. The first kappa shape index (κ1) is 19.8. The average Bonchev–Trinajstić information content (AvgIpc) is 3.06. The van der Waals surface area contributed by atoms with Gasteiger partial charge in [0.15, 0.2) is 17.2 Å². The van der Waals surface area contributed by atoms with Crippen LogP contribution in [0.5, 0.6) is 11.5 Å². The number of carbonyl (C=O) groups is 2. The number of aromatic hydroxyl groups is 1. The Hall–Kier alpha value is -3.96. The van der Waals surface area contributed by atoms with Gasteiger partial charge in [0.25, 0.3) is 0 Å². The predicted octanol–water partition coefficient (Wildman–Crippen LogP) is 3.30. The molecule has 9 heteroatoms. The highest BCUT2D eigenvalue weighted by molar-refractivity contribution is 6.31. The van der Waals surface area contributed by atoms with Crippen molar-refractivity contribution in [1.29, 1.82) is 5.26 Å². The SMILES string of the molecule is COC(=O)c1c(N)c(C#N)cn1-c1cc(Cl)cc(OC(=O)c2ccccc2)c1O.